The number of carbonyl (C=O) groups is 2. The van der Waals surface area contributed by atoms with Crippen LogP contribution in [0.15, 0.2) is 24.3 Å². The highest BCUT2D eigenvalue weighted by Crippen LogP contribution is 2.42. The van der Waals surface area contributed by atoms with Crippen molar-refractivity contribution in [1.29, 1.82) is 0 Å². The standard InChI is InChI=1S/C16H10Cl2O4/c1-21-9-5-3-7(17)11-13(9)15(19)12-8(18)4-6-10(22-2)14(12)16(11)20/h3-6H,1-2H3. The molecule has 0 saturated heterocycles. The van der Waals surface area contributed by atoms with Gasteiger partial charge in [0, 0.05) is 0 Å². The number of ether oxygens (including phenoxy) is 2. The molecule has 0 spiro atoms. The van der Waals surface area contributed by atoms with E-state index in [1.54, 1.807) is 12.1 Å². The van der Waals surface area contributed by atoms with Crippen molar-refractivity contribution in [1.82, 2.24) is 0 Å². The lowest BCUT2D eigenvalue weighted by atomic mass is 9.83. The molecule has 0 atom stereocenters. The maximum absolute atomic E-state index is 12.8. The van der Waals surface area contributed by atoms with Gasteiger partial charge >= 0.3 is 0 Å². The fraction of sp³-hybridized carbons (Fsp3) is 0.125. The molecule has 0 heterocycles. The maximum atomic E-state index is 12.8. The molecular weight excluding hydrogens is 327 g/mol. The van der Waals surface area contributed by atoms with Crippen molar-refractivity contribution < 1.29 is 19.1 Å². The van der Waals surface area contributed by atoms with Crippen LogP contribution in [0.5, 0.6) is 11.5 Å². The van der Waals surface area contributed by atoms with Gasteiger partial charge in [-0.15, -0.1) is 0 Å². The molecule has 0 amide bonds. The van der Waals surface area contributed by atoms with Gasteiger partial charge in [0.25, 0.3) is 0 Å². The van der Waals surface area contributed by atoms with E-state index in [-0.39, 0.29) is 43.8 Å². The van der Waals surface area contributed by atoms with E-state index in [1.165, 1.54) is 26.4 Å². The predicted octanol–water partition coefficient (Wildman–Crippen LogP) is 3.79. The summed E-state index contributed by atoms with van der Waals surface area (Å²) in [6, 6.07) is 6.13. The molecule has 112 valence electrons. The third-order valence-electron chi connectivity index (χ3n) is 3.58. The van der Waals surface area contributed by atoms with E-state index in [0.717, 1.165) is 0 Å². The Bertz CT molecular complexity index is 758. The summed E-state index contributed by atoms with van der Waals surface area (Å²) in [5.41, 5.74) is 0.475. The molecule has 0 unspecified atom stereocenters. The summed E-state index contributed by atoms with van der Waals surface area (Å²) in [6.45, 7) is 0. The van der Waals surface area contributed by atoms with Crippen molar-refractivity contribution in [3.8, 4) is 11.5 Å². The van der Waals surface area contributed by atoms with E-state index in [0.29, 0.717) is 0 Å². The summed E-state index contributed by atoms with van der Waals surface area (Å²) in [7, 11) is 2.84. The molecule has 3 rings (SSSR count). The number of rotatable bonds is 2. The molecule has 0 aromatic heterocycles. The van der Waals surface area contributed by atoms with E-state index in [1.807, 2.05) is 0 Å². The first-order valence-electron chi connectivity index (χ1n) is 6.33. The number of methoxy groups -OCH3 is 2. The van der Waals surface area contributed by atoms with Crippen LogP contribution in [0.4, 0.5) is 0 Å². The predicted molar refractivity (Wildman–Crippen MR) is 82.9 cm³/mol. The quantitative estimate of drug-likeness (QED) is 0.714. The molecule has 2 aromatic rings. The first-order valence-corrected chi connectivity index (χ1v) is 7.09. The second kappa shape index (κ2) is 5.30. The monoisotopic (exact) mass is 336 g/mol. The zero-order valence-electron chi connectivity index (χ0n) is 11.7. The molecule has 1 aliphatic rings. The van der Waals surface area contributed by atoms with E-state index in [2.05, 4.69) is 0 Å². The van der Waals surface area contributed by atoms with Gasteiger partial charge in [-0.05, 0) is 24.3 Å². The lowest BCUT2D eigenvalue weighted by Gasteiger charge is -2.22. The fourth-order valence-electron chi connectivity index (χ4n) is 2.60. The highest BCUT2D eigenvalue weighted by atomic mass is 35.5. The first-order chi connectivity index (χ1) is 10.5. The lowest BCUT2D eigenvalue weighted by molar-refractivity contribution is 0.0974. The number of halogens is 2. The van der Waals surface area contributed by atoms with Gasteiger partial charge in [-0.2, -0.15) is 0 Å². The third kappa shape index (κ3) is 1.91. The summed E-state index contributed by atoms with van der Waals surface area (Å²) in [4.78, 5) is 25.7. The van der Waals surface area contributed by atoms with Gasteiger partial charge in [-0.3, -0.25) is 9.59 Å². The van der Waals surface area contributed by atoms with Gasteiger partial charge < -0.3 is 9.47 Å². The number of ketones is 2. The SMILES string of the molecule is COc1ccc(Cl)c2c1C(=O)c1c(Cl)ccc(OC)c1C2=O. The Morgan fingerprint density at radius 2 is 1.05 bits per heavy atom. The molecule has 2 aromatic carbocycles. The van der Waals surface area contributed by atoms with Crippen molar-refractivity contribution in [2.45, 2.75) is 0 Å². The normalized spacial score (nSPS) is 12.7. The fourth-order valence-corrected chi connectivity index (χ4v) is 3.09. The second-order valence-electron chi connectivity index (χ2n) is 4.66. The van der Waals surface area contributed by atoms with Crippen molar-refractivity contribution in [3.05, 3.63) is 56.6 Å². The zero-order valence-corrected chi connectivity index (χ0v) is 13.2. The van der Waals surface area contributed by atoms with Crippen LogP contribution in [-0.4, -0.2) is 25.8 Å². The van der Waals surface area contributed by atoms with Crippen molar-refractivity contribution in [2.75, 3.05) is 14.2 Å². The van der Waals surface area contributed by atoms with Gasteiger partial charge in [0.05, 0.1) is 46.5 Å². The first kappa shape index (κ1) is 14.9. The molecule has 22 heavy (non-hydrogen) atoms. The maximum Gasteiger partial charge on any atom is 0.199 e. The van der Waals surface area contributed by atoms with Gasteiger partial charge in [0.15, 0.2) is 11.6 Å². The van der Waals surface area contributed by atoms with Crippen LogP contribution in [0.1, 0.15) is 31.8 Å². The molecule has 0 aliphatic heterocycles. The topological polar surface area (TPSA) is 52.6 Å². The average Bonchev–Trinajstić information content (AvgIpc) is 2.52. The molecule has 4 nitrogen and oxygen atoms in total. The molecule has 0 saturated carbocycles. The number of benzene rings is 2. The molecule has 0 radical (unpaired) electrons. The zero-order chi connectivity index (χ0) is 16.0. The van der Waals surface area contributed by atoms with Crippen LogP contribution in [-0.2, 0) is 0 Å². The molecule has 6 heteroatoms. The van der Waals surface area contributed by atoms with Crippen molar-refractivity contribution in [3.63, 3.8) is 0 Å². The van der Waals surface area contributed by atoms with Crippen LogP contribution < -0.4 is 9.47 Å². The number of fused-ring (bicyclic) bond motifs is 2. The summed E-state index contributed by atoms with van der Waals surface area (Å²) in [6.07, 6.45) is 0. The Balaban J connectivity index is 2.42. The van der Waals surface area contributed by atoms with Gasteiger partial charge in [0.1, 0.15) is 11.5 Å². The Morgan fingerprint density at radius 1 is 0.682 bits per heavy atom. The van der Waals surface area contributed by atoms with Crippen molar-refractivity contribution >= 4 is 34.8 Å². The molecular formula is C16H10Cl2O4. The summed E-state index contributed by atoms with van der Waals surface area (Å²) < 4.78 is 10.4. The summed E-state index contributed by atoms with van der Waals surface area (Å²) in [5.74, 6) is -0.259. The smallest absolute Gasteiger partial charge is 0.199 e. The van der Waals surface area contributed by atoms with E-state index >= 15 is 0 Å². The van der Waals surface area contributed by atoms with E-state index < -0.39 is 11.6 Å². The number of hydrogen-bond acceptors (Lipinski definition) is 4. The van der Waals surface area contributed by atoms with Crippen LogP contribution in [0.3, 0.4) is 0 Å². The molecule has 0 bridgehead atoms. The third-order valence-corrected chi connectivity index (χ3v) is 4.21. The highest BCUT2D eigenvalue weighted by Gasteiger charge is 2.37. The molecule has 1 aliphatic carbocycles. The largest absolute Gasteiger partial charge is 0.496 e. The second-order valence-corrected chi connectivity index (χ2v) is 5.47. The van der Waals surface area contributed by atoms with Crippen LogP contribution in [0.2, 0.25) is 10.0 Å². The van der Waals surface area contributed by atoms with E-state index in [9.17, 15) is 9.59 Å². The van der Waals surface area contributed by atoms with Gasteiger partial charge in [0.2, 0.25) is 0 Å². The summed E-state index contributed by atoms with van der Waals surface area (Å²) in [5, 5.41) is 0.364. The minimum Gasteiger partial charge on any atom is -0.496 e. The number of carbonyl (C=O) groups excluding carboxylic acids is 2. The lowest BCUT2D eigenvalue weighted by Crippen LogP contribution is -2.23. The minimum absolute atomic E-state index is 0.110. The van der Waals surface area contributed by atoms with Crippen LogP contribution >= 0.6 is 23.2 Å². The minimum atomic E-state index is -0.409. The Kier molecular flexibility index (Phi) is 3.59. The highest BCUT2D eigenvalue weighted by molar-refractivity contribution is 6.43. The van der Waals surface area contributed by atoms with E-state index in [4.69, 9.17) is 32.7 Å². The number of hydrogen-bond donors (Lipinski definition) is 0. The van der Waals surface area contributed by atoms with Gasteiger partial charge in [-0.1, -0.05) is 23.2 Å². The Hall–Kier alpha value is -2.04. The molecule has 0 fully saturated rings. The van der Waals surface area contributed by atoms with Crippen LogP contribution in [0, 0.1) is 0 Å². The van der Waals surface area contributed by atoms with Crippen molar-refractivity contribution in [2.24, 2.45) is 0 Å². The molecule has 0 N–H and O–H groups in total. The van der Waals surface area contributed by atoms with Crippen LogP contribution in [0.25, 0.3) is 0 Å². The average molecular weight is 337 g/mol. The Morgan fingerprint density at radius 3 is 1.36 bits per heavy atom. The Labute approximate surface area is 136 Å². The summed E-state index contributed by atoms with van der Waals surface area (Å²) >= 11 is 12.3. The van der Waals surface area contributed by atoms with Gasteiger partial charge in [-0.25, -0.2) is 0 Å².